The molecule has 0 aromatic carbocycles. The van der Waals surface area contributed by atoms with E-state index in [0.29, 0.717) is 10.7 Å². The second kappa shape index (κ2) is 5.15. The Morgan fingerprint density at radius 3 is 2.71 bits per heavy atom. The minimum Gasteiger partial charge on any atom is -0.481 e. The lowest BCUT2D eigenvalue weighted by Gasteiger charge is -1.98. The standard InChI is InChI=1S/C11H14BrNO/c1-4-10-9(7-8(2)12)5-6-11(13-10)14-3/h4-8H,1-3H3/b9-7-,10-4+. The van der Waals surface area contributed by atoms with Crippen LogP contribution in [0.4, 0.5) is 0 Å². The third-order valence-electron chi connectivity index (χ3n) is 1.82. The average molecular weight is 256 g/mol. The molecule has 0 fully saturated rings. The zero-order valence-corrected chi connectivity index (χ0v) is 10.2. The number of hydrogen-bond donors (Lipinski definition) is 0. The summed E-state index contributed by atoms with van der Waals surface area (Å²) in [6.07, 6.45) is 4.09. The Morgan fingerprint density at radius 2 is 2.21 bits per heavy atom. The SMILES string of the molecule is C/C=c1/nc(OC)cc/c1=C/C(C)Br. The summed E-state index contributed by atoms with van der Waals surface area (Å²) in [5.41, 5.74) is 0. The van der Waals surface area contributed by atoms with Gasteiger partial charge in [0.1, 0.15) is 0 Å². The van der Waals surface area contributed by atoms with E-state index in [4.69, 9.17) is 4.74 Å². The van der Waals surface area contributed by atoms with E-state index >= 15 is 0 Å². The molecule has 0 saturated heterocycles. The van der Waals surface area contributed by atoms with Gasteiger partial charge in [0, 0.05) is 10.9 Å². The molecule has 1 aromatic heterocycles. The predicted octanol–water partition coefficient (Wildman–Crippen LogP) is 1.45. The first-order chi connectivity index (χ1) is 6.67. The van der Waals surface area contributed by atoms with Gasteiger partial charge in [-0.2, -0.15) is 0 Å². The van der Waals surface area contributed by atoms with Gasteiger partial charge in [-0.25, -0.2) is 4.98 Å². The summed E-state index contributed by atoms with van der Waals surface area (Å²) in [4.78, 5) is 4.68. The average Bonchev–Trinajstić information content (AvgIpc) is 2.17. The van der Waals surface area contributed by atoms with E-state index in [1.807, 2.05) is 25.1 Å². The van der Waals surface area contributed by atoms with Crippen molar-refractivity contribution >= 4 is 28.1 Å². The zero-order chi connectivity index (χ0) is 10.6. The first-order valence-electron chi connectivity index (χ1n) is 4.50. The van der Waals surface area contributed by atoms with E-state index in [-0.39, 0.29) is 0 Å². The highest BCUT2D eigenvalue weighted by atomic mass is 79.9. The number of hydrogen-bond acceptors (Lipinski definition) is 2. The maximum atomic E-state index is 5.06. The number of ether oxygens (including phenoxy) is 1. The van der Waals surface area contributed by atoms with Crippen LogP contribution in [0, 0.1) is 0 Å². The lowest BCUT2D eigenvalue weighted by Crippen LogP contribution is -2.28. The number of aromatic nitrogens is 1. The van der Waals surface area contributed by atoms with Gasteiger partial charge >= 0.3 is 0 Å². The Morgan fingerprint density at radius 1 is 1.50 bits per heavy atom. The molecule has 76 valence electrons. The number of halogens is 1. The Kier molecular flexibility index (Phi) is 4.14. The molecule has 14 heavy (non-hydrogen) atoms. The molecule has 0 aliphatic rings. The van der Waals surface area contributed by atoms with Gasteiger partial charge in [0.15, 0.2) is 0 Å². The second-order valence-electron chi connectivity index (χ2n) is 2.96. The van der Waals surface area contributed by atoms with Crippen molar-refractivity contribution in [1.82, 2.24) is 4.98 Å². The lowest BCUT2D eigenvalue weighted by atomic mass is 10.3. The smallest absolute Gasteiger partial charge is 0.213 e. The van der Waals surface area contributed by atoms with Crippen LogP contribution >= 0.6 is 15.9 Å². The molecule has 0 aliphatic heterocycles. The van der Waals surface area contributed by atoms with Crippen LogP contribution in [0.3, 0.4) is 0 Å². The highest BCUT2D eigenvalue weighted by Crippen LogP contribution is 1.99. The number of pyridine rings is 1. The molecule has 1 heterocycles. The quantitative estimate of drug-likeness (QED) is 0.747. The Bertz CT molecular complexity index is 412. The van der Waals surface area contributed by atoms with Crippen LogP contribution in [0.2, 0.25) is 0 Å². The largest absolute Gasteiger partial charge is 0.481 e. The fraction of sp³-hybridized carbons (Fsp3) is 0.364. The molecule has 0 amide bonds. The minimum atomic E-state index is 0.344. The maximum Gasteiger partial charge on any atom is 0.213 e. The van der Waals surface area contributed by atoms with Crippen molar-refractivity contribution in [2.45, 2.75) is 18.7 Å². The van der Waals surface area contributed by atoms with Crippen LogP contribution in [0.1, 0.15) is 13.8 Å². The molecule has 3 heteroatoms. The van der Waals surface area contributed by atoms with Crippen molar-refractivity contribution in [2.75, 3.05) is 7.11 Å². The Labute approximate surface area is 92.4 Å². The van der Waals surface area contributed by atoms with Crippen molar-refractivity contribution in [3.05, 3.63) is 22.7 Å². The van der Waals surface area contributed by atoms with Crippen molar-refractivity contribution in [3.8, 4) is 5.88 Å². The molecular formula is C11H14BrNO. The third kappa shape index (κ3) is 2.84. The fourth-order valence-electron chi connectivity index (χ4n) is 1.20. The summed E-state index contributed by atoms with van der Waals surface area (Å²) in [6, 6.07) is 3.88. The highest BCUT2D eigenvalue weighted by molar-refractivity contribution is 9.09. The maximum absolute atomic E-state index is 5.06. The van der Waals surface area contributed by atoms with E-state index in [1.54, 1.807) is 7.11 Å². The minimum absolute atomic E-state index is 0.344. The van der Waals surface area contributed by atoms with Crippen molar-refractivity contribution in [3.63, 3.8) is 0 Å². The van der Waals surface area contributed by atoms with Crippen molar-refractivity contribution in [2.24, 2.45) is 0 Å². The Hall–Kier alpha value is -0.830. The summed E-state index contributed by atoms with van der Waals surface area (Å²) in [5.74, 6) is 0.650. The molecule has 1 rings (SSSR count). The van der Waals surface area contributed by atoms with Crippen LogP contribution in [-0.4, -0.2) is 16.9 Å². The number of nitrogens with zero attached hydrogens (tertiary/aromatic N) is 1. The number of rotatable bonds is 2. The summed E-state index contributed by atoms with van der Waals surface area (Å²) >= 11 is 3.48. The van der Waals surface area contributed by atoms with E-state index in [9.17, 15) is 0 Å². The van der Waals surface area contributed by atoms with E-state index < -0.39 is 0 Å². The van der Waals surface area contributed by atoms with Gasteiger partial charge in [-0.3, -0.25) is 0 Å². The molecule has 0 spiro atoms. The van der Waals surface area contributed by atoms with Crippen molar-refractivity contribution < 1.29 is 4.74 Å². The molecule has 1 unspecified atom stereocenters. The van der Waals surface area contributed by atoms with Gasteiger partial charge < -0.3 is 4.74 Å². The summed E-state index contributed by atoms with van der Waals surface area (Å²) in [7, 11) is 1.62. The first kappa shape index (κ1) is 11.2. The topological polar surface area (TPSA) is 22.1 Å². The van der Waals surface area contributed by atoms with Crippen LogP contribution in [0.15, 0.2) is 12.1 Å². The summed E-state index contributed by atoms with van der Waals surface area (Å²) in [6.45, 7) is 4.04. The van der Waals surface area contributed by atoms with Crippen LogP contribution in [0.25, 0.3) is 12.2 Å². The summed E-state index contributed by atoms with van der Waals surface area (Å²) < 4.78 is 5.06. The van der Waals surface area contributed by atoms with E-state index in [0.717, 1.165) is 10.6 Å². The summed E-state index contributed by atoms with van der Waals surface area (Å²) in [5, 5.41) is 2.08. The van der Waals surface area contributed by atoms with Crippen LogP contribution < -0.4 is 15.3 Å². The monoisotopic (exact) mass is 255 g/mol. The molecule has 2 nitrogen and oxygen atoms in total. The predicted molar refractivity (Wildman–Crippen MR) is 63.0 cm³/mol. The Balaban J connectivity index is 3.34. The molecular weight excluding hydrogens is 242 g/mol. The van der Waals surface area contributed by atoms with Crippen LogP contribution in [0.5, 0.6) is 5.88 Å². The van der Waals surface area contributed by atoms with Crippen LogP contribution in [-0.2, 0) is 0 Å². The number of alkyl halides is 1. The second-order valence-corrected chi connectivity index (χ2v) is 4.41. The fourth-order valence-corrected chi connectivity index (χ4v) is 1.49. The highest BCUT2D eigenvalue weighted by Gasteiger charge is 1.94. The zero-order valence-electron chi connectivity index (χ0n) is 8.62. The van der Waals surface area contributed by atoms with Gasteiger partial charge in [-0.05, 0) is 25.1 Å². The number of methoxy groups -OCH3 is 1. The first-order valence-corrected chi connectivity index (χ1v) is 5.42. The van der Waals surface area contributed by atoms with Gasteiger partial charge in [0.05, 0.1) is 12.5 Å². The van der Waals surface area contributed by atoms with Crippen molar-refractivity contribution in [1.29, 1.82) is 0 Å². The molecule has 0 aliphatic carbocycles. The molecule has 0 bridgehead atoms. The van der Waals surface area contributed by atoms with E-state index in [1.165, 1.54) is 0 Å². The molecule has 1 atom stereocenters. The normalized spacial score (nSPS) is 15.7. The molecule has 0 radical (unpaired) electrons. The lowest BCUT2D eigenvalue weighted by molar-refractivity contribution is 0.396. The van der Waals surface area contributed by atoms with Gasteiger partial charge in [-0.15, -0.1) is 0 Å². The van der Waals surface area contributed by atoms with Gasteiger partial charge in [0.2, 0.25) is 5.88 Å². The third-order valence-corrected chi connectivity index (χ3v) is 2.09. The van der Waals surface area contributed by atoms with Gasteiger partial charge in [-0.1, -0.05) is 28.1 Å². The van der Waals surface area contributed by atoms with E-state index in [2.05, 4.69) is 33.9 Å². The molecule has 1 aromatic rings. The molecule has 0 N–H and O–H groups in total. The van der Waals surface area contributed by atoms with Gasteiger partial charge in [0.25, 0.3) is 0 Å². The molecule has 0 saturated carbocycles.